The van der Waals surface area contributed by atoms with E-state index in [1.54, 1.807) is 56.3 Å². The smallest absolute Gasteiger partial charge is 0.408 e. The van der Waals surface area contributed by atoms with E-state index < -0.39 is 99.2 Å². The molecule has 20 heteroatoms. The number of hydrogen-bond donors (Lipinski definition) is 3. The molecule has 8 atom stereocenters. The van der Waals surface area contributed by atoms with Gasteiger partial charge in [0.15, 0.2) is 11.6 Å². The molecule has 66 heavy (non-hydrogen) atoms. The van der Waals surface area contributed by atoms with Gasteiger partial charge in [0.05, 0.1) is 30.7 Å². The number of amides is 4. The van der Waals surface area contributed by atoms with Gasteiger partial charge in [0, 0.05) is 23.3 Å². The van der Waals surface area contributed by atoms with E-state index in [-0.39, 0.29) is 53.5 Å². The van der Waals surface area contributed by atoms with Crippen LogP contribution in [0, 0.1) is 23.6 Å². The summed E-state index contributed by atoms with van der Waals surface area (Å²) in [6.07, 6.45) is -3.50. The van der Waals surface area contributed by atoms with E-state index in [0.717, 1.165) is 4.90 Å². The number of carbonyl (C=O) groups is 4. The molecular weight excluding hydrogens is 891 g/mol. The van der Waals surface area contributed by atoms with Gasteiger partial charge < -0.3 is 29.5 Å². The molecule has 15 nitrogen and oxygen atoms in total. The summed E-state index contributed by atoms with van der Waals surface area (Å²) in [4.78, 5) is 62.5. The maximum absolute atomic E-state index is 15.3. The zero-order valence-corrected chi connectivity index (χ0v) is 38.2. The number of nitrogens with one attached hydrogen (secondary N) is 2. The molecular formula is C46H55F4N5O10S. The van der Waals surface area contributed by atoms with Crippen LogP contribution in [-0.2, 0) is 24.4 Å². The number of carbonyl (C=O) groups excluding carboxylic acids is 3. The molecule has 2 saturated carbocycles. The Morgan fingerprint density at radius 1 is 1.05 bits per heavy atom. The monoisotopic (exact) mass is 945 g/mol. The van der Waals surface area contributed by atoms with Crippen molar-refractivity contribution >= 4 is 44.6 Å². The first-order valence-corrected chi connectivity index (χ1v) is 23.6. The molecule has 1 saturated heterocycles. The van der Waals surface area contributed by atoms with Crippen molar-refractivity contribution in [2.75, 3.05) is 13.7 Å². The highest BCUT2D eigenvalue weighted by atomic mass is 32.2. The minimum atomic E-state index is -5.08. The molecule has 1 aromatic heterocycles. The van der Waals surface area contributed by atoms with Gasteiger partial charge in [0.2, 0.25) is 27.7 Å². The molecule has 3 heterocycles. The number of pyridine rings is 1. The van der Waals surface area contributed by atoms with Gasteiger partial charge in [0.25, 0.3) is 5.91 Å². The van der Waals surface area contributed by atoms with E-state index in [2.05, 4.69) is 10.0 Å². The minimum absolute atomic E-state index is 0.0150. The maximum atomic E-state index is 15.3. The number of sulfonamides is 1. The summed E-state index contributed by atoms with van der Waals surface area (Å²) in [5.74, 6) is -5.02. The maximum Gasteiger partial charge on any atom is 0.408 e. The molecule has 4 aliphatic rings. The van der Waals surface area contributed by atoms with Crippen LogP contribution in [0.5, 0.6) is 17.4 Å². The summed E-state index contributed by atoms with van der Waals surface area (Å²) in [6.45, 7) is 7.05. The Bertz CT molecular complexity index is 2520. The number of carboxylic acid groups (broad SMARTS) is 1. The van der Waals surface area contributed by atoms with Gasteiger partial charge in [-0.2, -0.15) is 13.2 Å². The van der Waals surface area contributed by atoms with Crippen LogP contribution in [0.15, 0.2) is 54.6 Å². The molecule has 4 amide bonds. The number of rotatable bonds is 11. The van der Waals surface area contributed by atoms with Gasteiger partial charge in [0.1, 0.15) is 35.5 Å². The van der Waals surface area contributed by atoms with Crippen LogP contribution in [0.2, 0.25) is 0 Å². The van der Waals surface area contributed by atoms with Crippen LogP contribution in [0.1, 0.15) is 79.6 Å². The Hall–Kier alpha value is -5.66. The quantitative estimate of drug-likeness (QED) is 0.133. The van der Waals surface area contributed by atoms with Crippen molar-refractivity contribution in [2.45, 2.75) is 127 Å². The van der Waals surface area contributed by atoms with E-state index in [4.69, 9.17) is 19.2 Å². The van der Waals surface area contributed by atoms with Crippen LogP contribution in [-0.4, -0.2) is 113 Å². The van der Waals surface area contributed by atoms with E-state index in [9.17, 15) is 41.1 Å². The summed E-state index contributed by atoms with van der Waals surface area (Å²) < 4.78 is 104. The summed E-state index contributed by atoms with van der Waals surface area (Å²) in [7, 11) is -2.60. The van der Waals surface area contributed by atoms with E-state index >= 15 is 9.18 Å². The third-order valence-corrected chi connectivity index (χ3v) is 14.7. The predicted octanol–water partition coefficient (Wildman–Crippen LogP) is 6.98. The van der Waals surface area contributed by atoms with Crippen molar-refractivity contribution in [3.63, 3.8) is 0 Å². The third-order valence-electron chi connectivity index (χ3n) is 12.9. The van der Waals surface area contributed by atoms with Crippen molar-refractivity contribution in [1.29, 1.82) is 0 Å². The molecule has 2 aliphatic heterocycles. The molecule has 7 rings (SSSR count). The molecule has 3 N–H and O–H groups in total. The number of alkyl halides is 3. The molecule has 0 spiro atoms. The standard InChI is InChI=1S/C46H55F4N5O10S/c1-24(2)64-38-16-11-28(19-35(38)47)36-20-29-18-31(63-6)12-15-34(29)41(51-36)65-32-21-37-40(56)52-45(43(58)53-66(61,62)33-13-14-33)22-30(45)10-8-7-9-25(3)17-26(4)39(42(57)54(37)23-32)55(44(59)60)27(5)46(48,49)50/h8,10-12,15-16,18-20,24-27,30,32-33,37,39H,7,9,13-14,17,21-23H2,1-6H3,(H,52,56)(H,53,58)(H,59,60)/b10-8-/t25-,26+,27+,30+,32+,37-,39-,45+/m0/s1. The van der Waals surface area contributed by atoms with Crippen LogP contribution >= 0.6 is 0 Å². The molecule has 3 aromatic rings. The molecule has 0 unspecified atom stereocenters. The van der Waals surface area contributed by atoms with Crippen molar-refractivity contribution < 1.29 is 64.5 Å². The van der Waals surface area contributed by atoms with Crippen molar-refractivity contribution in [3.05, 3.63) is 60.4 Å². The largest absolute Gasteiger partial charge is 0.497 e. The highest BCUT2D eigenvalue weighted by molar-refractivity contribution is 7.91. The predicted molar refractivity (Wildman–Crippen MR) is 234 cm³/mol. The first-order valence-electron chi connectivity index (χ1n) is 22.1. The van der Waals surface area contributed by atoms with E-state index in [0.29, 0.717) is 54.7 Å². The van der Waals surface area contributed by atoms with Gasteiger partial charge >= 0.3 is 12.3 Å². The number of halogens is 4. The highest BCUT2D eigenvalue weighted by Crippen LogP contribution is 2.46. The first kappa shape index (κ1) is 48.3. The topological polar surface area (TPSA) is 194 Å². The number of ether oxygens (including phenoxy) is 3. The fourth-order valence-electron chi connectivity index (χ4n) is 9.09. The Morgan fingerprint density at radius 3 is 2.41 bits per heavy atom. The minimum Gasteiger partial charge on any atom is -0.497 e. The number of nitrogens with zero attached hydrogens (tertiary/aromatic N) is 3. The van der Waals surface area contributed by atoms with Gasteiger partial charge in [-0.05, 0) is 119 Å². The SMILES string of the molecule is COc1ccc2c(O[C@@H]3C[C@H]4C(=O)N[C@]5(C(=O)NS(=O)(=O)C6CC6)C[C@H]5/C=C\CC[C@H](C)C[C@@H](C)[C@H](N(C(=O)O)[C@H](C)C(F)(F)F)C(=O)N4C3)nc(-c3ccc(OC(C)C)c(F)c3)cc2c1. The third kappa shape index (κ3) is 10.2. The van der Waals surface area contributed by atoms with Crippen molar-refractivity contribution in [1.82, 2.24) is 24.8 Å². The van der Waals surface area contributed by atoms with Gasteiger partial charge in [-0.25, -0.2) is 22.6 Å². The van der Waals surface area contributed by atoms with Crippen LogP contribution in [0.3, 0.4) is 0 Å². The summed E-state index contributed by atoms with van der Waals surface area (Å²) >= 11 is 0. The second-order valence-corrected chi connectivity index (χ2v) is 20.3. The molecule has 0 bridgehead atoms. The normalized spacial score (nSPS) is 27.1. The van der Waals surface area contributed by atoms with Crippen molar-refractivity contribution in [2.24, 2.45) is 17.8 Å². The van der Waals surface area contributed by atoms with E-state index in [1.165, 1.54) is 26.2 Å². The lowest BCUT2D eigenvalue weighted by Crippen LogP contribution is -2.62. The van der Waals surface area contributed by atoms with Gasteiger partial charge in [-0.1, -0.05) is 26.0 Å². The Balaban J connectivity index is 1.31. The number of methoxy groups -OCH3 is 1. The number of allylic oxidation sites excluding steroid dienone is 1. The lowest BCUT2D eigenvalue weighted by molar-refractivity contribution is -0.184. The molecule has 3 fully saturated rings. The summed E-state index contributed by atoms with van der Waals surface area (Å²) in [5.41, 5.74) is -1.16. The van der Waals surface area contributed by atoms with Gasteiger partial charge in [-0.15, -0.1) is 0 Å². The summed E-state index contributed by atoms with van der Waals surface area (Å²) in [6, 6.07) is 4.87. The van der Waals surface area contributed by atoms with Crippen LogP contribution < -0.4 is 24.2 Å². The number of fused-ring (bicyclic) bond motifs is 3. The van der Waals surface area contributed by atoms with Gasteiger partial charge in [-0.3, -0.25) is 24.0 Å². The number of hydrogen-bond acceptors (Lipinski definition) is 10. The second kappa shape index (κ2) is 18.6. The molecule has 0 radical (unpaired) electrons. The zero-order valence-electron chi connectivity index (χ0n) is 37.4. The Morgan fingerprint density at radius 2 is 1.77 bits per heavy atom. The lowest BCUT2D eigenvalue weighted by Gasteiger charge is -2.40. The number of aromatic nitrogens is 1. The summed E-state index contributed by atoms with van der Waals surface area (Å²) in [5, 5.41) is 13.4. The Kier molecular flexibility index (Phi) is 13.6. The second-order valence-electron chi connectivity index (χ2n) is 18.3. The lowest BCUT2D eigenvalue weighted by atomic mass is 9.86. The highest BCUT2D eigenvalue weighted by Gasteiger charge is 2.62. The fraction of sp³-hybridized carbons (Fsp3) is 0.543. The fourth-order valence-corrected chi connectivity index (χ4v) is 10.5. The molecule has 358 valence electrons. The van der Waals surface area contributed by atoms with Crippen LogP contribution in [0.25, 0.3) is 22.0 Å². The average molecular weight is 946 g/mol. The van der Waals surface area contributed by atoms with Crippen molar-refractivity contribution in [3.8, 4) is 28.6 Å². The molecule has 2 aromatic carbocycles. The van der Waals surface area contributed by atoms with E-state index in [1.807, 2.05) is 6.92 Å². The Labute approximate surface area is 380 Å². The first-order chi connectivity index (χ1) is 31.0. The zero-order chi connectivity index (χ0) is 48.0. The molecule has 2 aliphatic carbocycles. The van der Waals surface area contributed by atoms with Crippen LogP contribution in [0.4, 0.5) is 22.4 Å². The average Bonchev–Trinajstić information content (AvgIpc) is 4.17. The number of benzene rings is 2.